The third kappa shape index (κ3) is 6.17. The smallest absolute Gasteiger partial charge is 0.242 e. The fourth-order valence-electron chi connectivity index (χ4n) is 4.59. The second-order valence-corrected chi connectivity index (χ2v) is 10.9. The van der Waals surface area contributed by atoms with Crippen LogP contribution < -0.4 is 0 Å². The normalized spacial score (nSPS) is 23.8. The summed E-state index contributed by atoms with van der Waals surface area (Å²) < 4.78 is 32.1. The van der Waals surface area contributed by atoms with Crippen LogP contribution in [0.1, 0.15) is 58.3 Å². The molecule has 30 heavy (non-hydrogen) atoms. The molecule has 172 valence electrons. The quantitative estimate of drug-likeness (QED) is 0.538. The van der Waals surface area contributed by atoms with E-state index in [1.165, 1.54) is 4.31 Å². The molecule has 0 aromatic heterocycles. The van der Waals surface area contributed by atoms with Crippen molar-refractivity contribution in [1.82, 2.24) is 14.1 Å². The summed E-state index contributed by atoms with van der Waals surface area (Å²) in [5, 5.41) is 0. The molecule has 1 atom stereocenters. The highest BCUT2D eigenvalue weighted by molar-refractivity contribution is 7.89. The minimum Gasteiger partial charge on any atom is -0.376 e. The van der Waals surface area contributed by atoms with Crippen molar-refractivity contribution in [3.63, 3.8) is 0 Å². The molecule has 3 heterocycles. The zero-order chi connectivity index (χ0) is 21.6. The van der Waals surface area contributed by atoms with Gasteiger partial charge in [0.25, 0.3) is 0 Å². The molecule has 0 radical (unpaired) electrons. The molecular weight excluding hydrogens is 406 g/mol. The van der Waals surface area contributed by atoms with Gasteiger partial charge in [0.1, 0.15) is 0 Å². The maximum absolute atomic E-state index is 13.3. The molecule has 1 unspecified atom stereocenters. The number of amides is 2. The predicted octanol–water partition coefficient (Wildman–Crippen LogP) is 1.46. The minimum absolute atomic E-state index is 0.00478. The molecule has 3 saturated heterocycles. The van der Waals surface area contributed by atoms with Gasteiger partial charge in [-0.15, -0.1) is 0 Å². The second kappa shape index (κ2) is 10.9. The van der Waals surface area contributed by atoms with Crippen LogP contribution in [0.15, 0.2) is 0 Å². The maximum atomic E-state index is 13.3. The van der Waals surface area contributed by atoms with Crippen molar-refractivity contribution in [2.24, 2.45) is 5.92 Å². The van der Waals surface area contributed by atoms with E-state index in [0.717, 1.165) is 45.2 Å². The van der Waals surface area contributed by atoms with Crippen LogP contribution in [-0.4, -0.2) is 92.1 Å². The number of likely N-dealkylation sites (tertiary alicyclic amines) is 1. The highest BCUT2D eigenvalue weighted by atomic mass is 32.2. The number of nitrogens with zero attached hydrogens (tertiary/aromatic N) is 3. The lowest BCUT2D eigenvalue weighted by Crippen LogP contribution is -2.49. The minimum atomic E-state index is -3.24. The molecule has 3 fully saturated rings. The molecule has 0 saturated carbocycles. The molecule has 8 nitrogen and oxygen atoms in total. The SMILES string of the molecule is CCCCS(=O)(=O)N1CCC(C(=O)N(CC(=O)N2CCCC2)CC2CCCO2)CC1. The average molecular weight is 444 g/mol. The van der Waals surface area contributed by atoms with Gasteiger partial charge in [-0.2, -0.15) is 0 Å². The molecule has 2 amide bonds. The van der Waals surface area contributed by atoms with Crippen molar-refractivity contribution in [1.29, 1.82) is 0 Å². The van der Waals surface area contributed by atoms with E-state index in [4.69, 9.17) is 4.74 Å². The first-order valence-corrected chi connectivity index (χ1v) is 13.2. The Morgan fingerprint density at radius 2 is 1.73 bits per heavy atom. The van der Waals surface area contributed by atoms with Gasteiger partial charge in [0, 0.05) is 45.2 Å². The molecule has 0 N–H and O–H groups in total. The zero-order valence-corrected chi connectivity index (χ0v) is 19.1. The van der Waals surface area contributed by atoms with Crippen LogP contribution >= 0.6 is 0 Å². The Morgan fingerprint density at radius 1 is 1.03 bits per heavy atom. The van der Waals surface area contributed by atoms with E-state index in [2.05, 4.69) is 0 Å². The number of piperidine rings is 1. The second-order valence-electron chi connectivity index (χ2n) is 8.78. The van der Waals surface area contributed by atoms with Gasteiger partial charge in [-0.05, 0) is 44.9 Å². The number of unbranched alkanes of at least 4 members (excludes halogenated alkanes) is 1. The number of ether oxygens (including phenoxy) is 1. The number of sulfonamides is 1. The van der Waals surface area contributed by atoms with Gasteiger partial charge < -0.3 is 14.5 Å². The van der Waals surface area contributed by atoms with E-state index in [0.29, 0.717) is 45.5 Å². The number of carbonyl (C=O) groups is 2. The van der Waals surface area contributed by atoms with Crippen molar-refractivity contribution in [2.45, 2.75) is 64.4 Å². The summed E-state index contributed by atoms with van der Waals surface area (Å²) in [5.74, 6) is -0.0603. The lowest BCUT2D eigenvalue weighted by molar-refractivity contribution is -0.144. The van der Waals surface area contributed by atoms with Crippen LogP contribution in [0, 0.1) is 5.92 Å². The fraction of sp³-hybridized carbons (Fsp3) is 0.905. The molecule has 0 bridgehead atoms. The molecule has 3 rings (SSSR count). The first kappa shape index (κ1) is 23.5. The Morgan fingerprint density at radius 3 is 2.33 bits per heavy atom. The van der Waals surface area contributed by atoms with Crippen LogP contribution in [0.5, 0.6) is 0 Å². The topological polar surface area (TPSA) is 87.2 Å². The molecule has 0 aromatic rings. The van der Waals surface area contributed by atoms with Gasteiger partial charge in [0.05, 0.1) is 18.4 Å². The van der Waals surface area contributed by atoms with E-state index in [1.807, 2.05) is 11.8 Å². The van der Waals surface area contributed by atoms with E-state index < -0.39 is 10.0 Å². The summed E-state index contributed by atoms with van der Waals surface area (Å²) in [6.45, 7) is 5.56. The van der Waals surface area contributed by atoms with Crippen molar-refractivity contribution in [3.8, 4) is 0 Å². The van der Waals surface area contributed by atoms with Gasteiger partial charge in [-0.3, -0.25) is 9.59 Å². The van der Waals surface area contributed by atoms with E-state index in [-0.39, 0.29) is 36.1 Å². The summed E-state index contributed by atoms with van der Waals surface area (Å²) in [4.78, 5) is 29.5. The summed E-state index contributed by atoms with van der Waals surface area (Å²) >= 11 is 0. The molecule has 0 aliphatic carbocycles. The average Bonchev–Trinajstić information content (AvgIpc) is 3.45. The highest BCUT2D eigenvalue weighted by Crippen LogP contribution is 2.24. The Kier molecular flexibility index (Phi) is 8.53. The zero-order valence-electron chi connectivity index (χ0n) is 18.3. The lowest BCUT2D eigenvalue weighted by atomic mass is 9.96. The molecule has 0 aromatic carbocycles. The van der Waals surface area contributed by atoms with Crippen molar-refractivity contribution in [2.75, 3.05) is 51.6 Å². The highest BCUT2D eigenvalue weighted by Gasteiger charge is 2.35. The van der Waals surface area contributed by atoms with Gasteiger partial charge in [0.2, 0.25) is 21.8 Å². The number of rotatable bonds is 9. The standard InChI is InChI=1S/C21H37N3O5S/c1-2-3-15-30(27,28)24-12-8-18(9-13-24)21(26)23(16-19-7-6-14-29-19)17-20(25)22-10-4-5-11-22/h18-19H,2-17H2,1H3. The summed E-state index contributed by atoms with van der Waals surface area (Å²) in [6.07, 6.45) is 6.49. The third-order valence-corrected chi connectivity index (χ3v) is 8.45. The maximum Gasteiger partial charge on any atom is 0.242 e. The van der Waals surface area contributed by atoms with Crippen LogP contribution in [0.4, 0.5) is 0 Å². The van der Waals surface area contributed by atoms with E-state index >= 15 is 0 Å². The largest absolute Gasteiger partial charge is 0.376 e. The number of carbonyl (C=O) groups excluding carboxylic acids is 2. The Hall–Kier alpha value is -1.19. The summed E-state index contributed by atoms with van der Waals surface area (Å²) in [7, 11) is -3.24. The Balaban J connectivity index is 1.58. The van der Waals surface area contributed by atoms with Crippen LogP contribution in [0.3, 0.4) is 0 Å². The summed E-state index contributed by atoms with van der Waals surface area (Å²) in [6, 6.07) is 0. The summed E-state index contributed by atoms with van der Waals surface area (Å²) in [5.41, 5.74) is 0. The predicted molar refractivity (Wildman–Crippen MR) is 114 cm³/mol. The molecule has 3 aliphatic rings. The molecule has 3 aliphatic heterocycles. The van der Waals surface area contributed by atoms with Crippen LogP contribution in [0.2, 0.25) is 0 Å². The van der Waals surface area contributed by atoms with Gasteiger partial charge in [-0.25, -0.2) is 12.7 Å². The monoisotopic (exact) mass is 443 g/mol. The van der Waals surface area contributed by atoms with Crippen LogP contribution in [-0.2, 0) is 24.3 Å². The number of hydrogen-bond donors (Lipinski definition) is 0. The first-order chi connectivity index (χ1) is 14.4. The number of hydrogen-bond acceptors (Lipinski definition) is 5. The lowest BCUT2D eigenvalue weighted by Gasteiger charge is -2.34. The van der Waals surface area contributed by atoms with Crippen molar-refractivity contribution >= 4 is 21.8 Å². The van der Waals surface area contributed by atoms with E-state index in [9.17, 15) is 18.0 Å². The van der Waals surface area contributed by atoms with Gasteiger partial charge in [0.15, 0.2) is 0 Å². The fourth-order valence-corrected chi connectivity index (χ4v) is 6.27. The van der Waals surface area contributed by atoms with Gasteiger partial charge >= 0.3 is 0 Å². The van der Waals surface area contributed by atoms with Crippen molar-refractivity contribution in [3.05, 3.63) is 0 Å². The first-order valence-electron chi connectivity index (χ1n) is 11.6. The third-order valence-electron chi connectivity index (χ3n) is 6.50. The molecular formula is C21H37N3O5S. The van der Waals surface area contributed by atoms with Gasteiger partial charge in [-0.1, -0.05) is 13.3 Å². The van der Waals surface area contributed by atoms with Crippen LogP contribution in [0.25, 0.3) is 0 Å². The van der Waals surface area contributed by atoms with E-state index in [1.54, 1.807) is 4.90 Å². The Bertz CT molecular complexity index is 679. The Labute approximate surface area is 180 Å². The van der Waals surface area contributed by atoms with Crippen molar-refractivity contribution < 1.29 is 22.7 Å². The molecule has 0 spiro atoms. The molecule has 9 heteroatoms.